The van der Waals surface area contributed by atoms with Crippen LogP contribution in [0.15, 0.2) is 76.0 Å². The van der Waals surface area contributed by atoms with Crippen LogP contribution in [-0.2, 0) is 15.6 Å². The highest BCUT2D eigenvalue weighted by Crippen LogP contribution is 2.21. The van der Waals surface area contributed by atoms with E-state index in [9.17, 15) is 13.2 Å². The molecular formula is C23H26N2O4S. The van der Waals surface area contributed by atoms with Crippen molar-refractivity contribution in [3.8, 4) is 0 Å². The van der Waals surface area contributed by atoms with Crippen molar-refractivity contribution in [3.05, 3.63) is 83.8 Å². The first-order valence-corrected chi connectivity index (χ1v) is 11.4. The molecule has 0 bridgehead atoms. The average molecular weight is 427 g/mol. The summed E-state index contributed by atoms with van der Waals surface area (Å²) in [5, 5.41) is 2.81. The second-order valence-corrected chi connectivity index (χ2v) is 9.12. The number of carbonyl (C=O) groups is 1. The van der Waals surface area contributed by atoms with Crippen molar-refractivity contribution in [2.45, 2.75) is 24.0 Å². The summed E-state index contributed by atoms with van der Waals surface area (Å²) in [6.45, 7) is 3.04. The van der Waals surface area contributed by atoms with E-state index in [0.29, 0.717) is 12.1 Å². The highest BCUT2D eigenvalue weighted by Gasteiger charge is 2.20. The zero-order chi connectivity index (χ0) is 21.6. The molecule has 0 spiro atoms. The summed E-state index contributed by atoms with van der Waals surface area (Å²) in [6.07, 6.45) is 0.770. The van der Waals surface area contributed by atoms with Gasteiger partial charge < -0.3 is 14.6 Å². The molecule has 158 valence electrons. The molecule has 3 rings (SSSR count). The van der Waals surface area contributed by atoms with Gasteiger partial charge in [-0.05, 0) is 49.2 Å². The molecule has 0 saturated heterocycles. The SMILES string of the molecule is Cc1ccccc1S(=O)(=O)Cc1ccc(C(=O)NCCCN(C)c2ccccc2)o1. The van der Waals surface area contributed by atoms with Gasteiger partial charge in [-0.3, -0.25) is 4.79 Å². The van der Waals surface area contributed by atoms with Gasteiger partial charge in [0.15, 0.2) is 15.6 Å². The van der Waals surface area contributed by atoms with E-state index in [1.54, 1.807) is 31.2 Å². The first-order chi connectivity index (χ1) is 14.4. The Kier molecular flexibility index (Phi) is 6.95. The van der Waals surface area contributed by atoms with E-state index in [1.807, 2.05) is 37.4 Å². The standard InChI is InChI=1S/C23H26N2O4S/c1-18-9-6-7-12-22(18)30(27,28)17-20-13-14-21(29-20)23(26)24-15-8-16-25(2)19-10-4-3-5-11-19/h3-7,9-14H,8,15-17H2,1-2H3,(H,24,26). The third kappa shape index (κ3) is 5.51. The normalized spacial score (nSPS) is 11.3. The lowest BCUT2D eigenvalue weighted by Gasteiger charge is -2.19. The number of furan rings is 1. The van der Waals surface area contributed by atoms with Gasteiger partial charge in [0.25, 0.3) is 5.91 Å². The van der Waals surface area contributed by atoms with Gasteiger partial charge in [0.2, 0.25) is 0 Å². The molecule has 1 heterocycles. The fraction of sp³-hybridized carbons (Fsp3) is 0.261. The Morgan fingerprint density at radius 1 is 1.00 bits per heavy atom. The van der Waals surface area contributed by atoms with Gasteiger partial charge in [-0.15, -0.1) is 0 Å². The van der Waals surface area contributed by atoms with Gasteiger partial charge in [0, 0.05) is 25.8 Å². The molecule has 0 aliphatic rings. The molecule has 0 atom stereocenters. The summed E-state index contributed by atoms with van der Waals surface area (Å²) < 4.78 is 30.7. The van der Waals surface area contributed by atoms with E-state index in [2.05, 4.69) is 10.2 Å². The van der Waals surface area contributed by atoms with Crippen LogP contribution in [0, 0.1) is 6.92 Å². The number of benzene rings is 2. The van der Waals surface area contributed by atoms with Crippen LogP contribution in [-0.4, -0.2) is 34.5 Å². The number of anilines is 1. The van der Waals surface area contributed by atoms with Crippen LogP contribution in [0.2, 0.25) is 0 Å². The molecule has 1 amide bonds. The minimum Gasteiger partial charge on any atom is -0.455 e. The molecule has 6 nitrogen and oxygen atoms in total. The fourth-order valence-corrected chi connectivity index (χ4v) is 4.69. The monoisotopic (exact) mass is 426 g/mol. The van der Waals surface area contributed by atoms with Crippen molar-refractivity contribution in [2.75, 3.05) is 25.0 Å². The molecule has 0 radical (unpaired) electrons. The van der Waals surface area contributed by atoms with E-state index in [-0.39, 0.29) is 28.1 Å². The average Bonchev–Trinajstić information content (AvgIpc) is 3.19. The van der Waals surface area contributed by atoms with E-state index in [4.69, 9.17) is 4.42 Å². The Morgan fingerprint density at radius 3 is 2.43 bits per heavy atom. The van der Waals surface area contributed by atoms with Crippen LogP contribution in [0.25, 0.3) is 0 Å². The van der Waals surface area contributed by atoms with Crippen molar-refractivity contribution in [1.29, 1.82) is 0 Å². The van der Waals surface area contributed by atoms with Crippen molar-refractivity contribution < 1.29 is 17.6 Å². The number of carbonyl (C=O) groups excluding carboxylic acids is 1. The van der Waals surface area contributed by atoms with E-state index < -0.39 is 9.84 Å². The lowest BCUT2D eigenvalue weighted by Crippen LogP contribution is -2.27. The lowest BCUT2D eigenvalue weighted by atomic mass is 10.2. The Balaban J connectivity index is 1.51. The quantitative estimate of drug-likeness (QED) is 0.526. The lowest BCUT2D eigenvalue weighted by molar-refractivity contribution is 0.0924. The van der Waals surface area contributed by atoms with Gasteiger partial charge in [-0.1, -0.05) is 36.4 Å². The summed E-state index contributed by atoms with van der Waals surface area (Å²) >= 11 is 0. The number of para-hydroxylation sites is 1. The number of nitrogens with one attached hydrogen (secondary N) is 1. The van der Waals surface area contributed by atoms with Crippen LogP contribution in [0.4, 0.5) is 5.69 Å². The number of hydrogen-bond acceptors (Lipinski definition) is 5. The number of sulfone groups is 1. The molecule has 0 fully saturated rings. The summed E-state index contributed by atoms with van der Waals surface area (Å²) in [4.78, 5) is 14.7. The third-order valence-corrected chi connectivity index (χ3v) is 6.59. The maximum absolute atomic E-state index is 12.6. The van der Waals surface area contributed by atoms with E-state index in [0.717, 1.165) is 18.7 Å². The van der Waals surface area contributed by atoms with Gasteiger partial charge in [-0.25, -0.2) is 8.42 Å². The van der Waals surface area contributed by atoms with Crippen molar-refractivity contribution >= 4 is 21.4 Å². The maximum atomic E-state index is 12.6. The largest absolute Gasteiger partial charge is 0.455 e. The van der Waals surface area contributed by atoms with Crippen LogP contribution in [0.3, 0.4) is 0 Å². The predicted octanol–water partition coefficient (Wildman–Crippen LogP) is 3.82. The zero-order valence-electron chi connectivity index (χ0n) is 17.2. The first-order valence-electron chi connectivity index (χ1n) is 9.78. The zero-order valence-corrected chi connectivity index (χ0v) is 18.0. The Bertz CT molecular complexity index is 1090. The number of nitrogens with zero attached hydrogens (tertiary/aromatic N) is 1. The molecule has 2 aromatic carbocycles. The molecule has 1 aromatic heterocycles. The molecule has 1 N–H and O–H groups in total. The number of rotatable bonds is 9. The molecule has 30 heavy (non-hydrogen) atoms. The minimum absolute atomic E-state index is 0.112. The van der Waals surface area contributed by atoms with Crippen molar-refractivity contribution in [1.82, 2.24) is 5.32 Å². The van der Waals surface area contributed by atoms with Crippen LogP contribution < -0.4 is 10.2 Å². The maximum Gasteiger partial charge on any atom is 0.286 e. The molecule has 0 aliphatic heterocycles. The molecule has 0 aliphatic carbocycles. The first kappa shape index (κ1) is 21.6. The third-order valence-electron chi connectivity index (χ3n) is 4.80. The molecule has 0 unspecified atom stereocenters. The molecule has 7 heteroatoms. The van der Waals surface area contributed by atoms with Crippen LogP contribution in [0.1, 0.15) is 28.3 Å². The second kappa shape index (κ2) is 9.63. The van der Waals surface area contributed by atoms with E-state index in [1.165, 1.54) is 12.1 Å². The number of hydrogen-bond donors (Lipinski definition) is 1. The van der Waals surface area contributed by atoms with Gasteiger partial charge >= 0.3 is 0 Å². The minimum atomic E-state index is -3.54. The van der Waals surface area contributed by atoms with Gasteiger partial charge in [0.1, 0.15) is 11.5 Å². The summed E-state index contributed by atoms with van der Waals surface area (Å²) in [5.74, 6) is -0.280. The van der Waals surface area contributed by atoms with Crippen molar-refractivity contribution in [3.63, 3.8) is 0 Å². The number of amides is 1. The summed E-state index contributed by atoms with van der Waals surface area (Å²) in [7, 11) is -1.54. The van der Waals surface area contributed by atoms with Crippen LogP contribution >= 0.6 is 0 Å². The Morgan fingerprint density at radius 2 is 1.70 bits per heavy atom. The Hall–Kier alpha value is -3.06. The predicted molar refractivity (Wildman–Crippen MR) is 117 cm³/mol. The second-order valence-electron chi connectivity index (χ2n) is 7.16. The molecule has 3 aromatic rings. The highest BCUT2D eigenvalue weighted by molar-refractivity contribution is 7.90. The van der Waals surface area contributed by atoms with Gasteiger partial charge in [0.05, 0.1) is 4.90 Å². The smallest absolute Gasteiger partial charge is 0.286 e. The molecule has 0 saturated carbocycles. The summed E-state index contributed by atoms with van der Waals surface area (Å²) in [6, 6.07) is 19.9. The van der Waals surface area contributed by atoms with Gasteiger partial charge in [-0.2, -0.15) is 0 Å². The highest BCUT2D eigenvalue weighted by atomic mass is 32.2. The molecular weight excluding hydrogens is 400 g/mol. The fourth-order valence-electron chi connectivity index (χ4n) is 3.16. The van der Waals surface area contributed by atoms with E-state index >= 15 is 0 Å². The summed E-state index contributed by atoms with van der Waals surface area (Å²) in [5.41, 5.74) is 1.80. The van der Waals surface area contributed by atoms with Crippen LogP contribution in [0.5, 0.6) is 0 Å². The van der Waals surface area contributed by atoms with Crippen molar-refractivity contribution in [2.24, 2.45) is 0 Å². The number of aryl methyl sites for hydroxylation is 1. The topological polar surface area (TPSA) is 79.6 Å². The Labute approximate surface area is 177 Å².